The summed E-state index contributed by atoms with van der Waals surface area (Å²) in [7, 11) is 0. The molecule has 0 radical (unpaired) electrons. The summed E-state index contributed by atoms with van der Waals surface area (Å²) in [6, 6.07) is 4.07. The van der Waals surface area contributed by atoms with Gasteiger partial charge in [-0.25, -0.2) is 0 Å². The average molecular weight is 315 g/mol. The highest BCUT2D eigenvalue weighted by atomic mass is 16.5. The fourth-order valence-electron chi connectivity index (χ4n) is 2.86. The standard InChI is InChI=1S/C16H21N5O2/c1-4-21-14(5-6-17-21)13-9-15(18-19-16(13)12(3)22)20-7-8-23-10-11(20)2/h5-6,9,11H,4,7-8,10H2,1-3H3. The van der Waals surface area contributed by atoms with Gasteiger partial charge in [0.25, 0.3) is 0 Å². The summed E-state index contributed by atoms with van der Waals surface area (Å²) in [6.45, 7) is 8.45. The Balaban J connectivity index is 2.08. The molecule has 0 saturated carbocycles. The second-order valence-corrected chi connectivity index (χ2v) is 5.67. The fourth-order valence-corrected chi connectivity index (χ4v) is 2.86. The van der Waals surface area contributed by atoms with Crippen molar-refractivity contribution in [2.45, 2.75) is 33.4 Å². The first-order valence-electron chi connectivity index (χ1n) is 7.87. The molecule has 7 nitrogen and oxygen atoms in total. The van der Waals surface area contributed by atoms with Crippen LogP contribution in [0.4, 0.5) is 5.82 Å². The third-order valence-corrected chi connectivity index (χ3v) is 4.07. The second-order valence-electron chi connectivity index (χ2n) is 5.67. The van der Waals surface area contributed by atoms with Crippen molar-refractivity contribution in [2.24, 2.45) is 0 Å². The maximum atomic E-state index is 11.9. The predicted octanol–water partition coefficient (Wildman–Crippen LogP) is 1.79. The van der Waals surface area contributed by atoms with Gasteiger partial charge in [-0.15, -0.1) is 10.2 Å². The molecule has 2 aromatic rings. The van der Waals surface area contributed by atoms with Gasteiger partial charge in [0.15, 0.2) is 11.6 Å². The Hall–Kier alpha value is -2.28. The molecule has 1 saturated heterocycles. The van der Waals surface area contributed by atoms with Crippen molar-refractivity contribution >= 4 is 11.6 Å². The maximum absolute atomic E-state index is 11.9. The maximum Gasteiger partial charge on any atom is 0.180 e. The highest BCUT2D eigenvalue weighted by Gasteiger charge is 2.23. The van der Waals surface area contributed by atoms with Crippen LogP contribution >= 0.6 is 0 Å². The van der Waals surface area contributed by atoms with E-state index in [-0.39, 0.29) is 11.8 Å². The lowest BCUT2D eigenvalue weighted by atomic mass is 10.1. The number of aryl methyl sites for hydroxylation is 1. The summed E-state index contributed by atoms with van der Waals surface area (Å²) in [6.07, 6.45) is 1.74. The van der Waals surface area contributed by atoms with Crippen molar-refractivity contribution in [3.8, 4) is 11.3 Å². The van der Waals surface area contributed by atoms with Gasteiger partial charge in [-0.05, 0) is 26.0 Å². The van der Waals surface area contributed by atoms with Gasteiger partial charge in [-0.2, -0.15) is 5.10 Å². The lowest BCUT2D eigenvalue weighted by Gasteiger charge is -2.34. The molecule has 122 valence electrons. The van der Waals surface area contributed by atoms with Crippen molar-refractivity contribution < 1.29 is 9.53 Å². The van der Waals surface area contributed by atoms with Crippen molar-refractivity contribution in [1.29, 1.82) is 0 Å². The molecule has 1 atom stereocenters. The van der Waals surface area contributed by atoms with Gasteiger partial charge >= 0.3 is 0 Å². The minimum atomic E-state index is -0.0991. The van der Waals surface area contributed by atoms with Gasteiger partial charge in [-0.3, -0.25) is 9.48 Å². The van der Waals surface area contributed by atoms with E-state index in [1.807, 2.05) is 23.7 Å². The van der Waals surface area contributed by atoms with E-state index in [1.54, 1.807) is 6.20 Å². The fraction of sp³-hybridized carbons (Fsp3) is 0.500. The largest absolute Gasteiger partial charge is 0.377 e. The molecular weight excluding hydrogens is 294 g/mol. The Morgan fingerprint density at radius 2 is 2.26 bits per heavy atom. The molecule has 0 aliphatic carbocycles. The van der Waals surface area contributed by atoms with Crippen molar-refractivity contribution in [3.63, 3.8) is 0 Å². The molecule has 1 fully saturated rings. The smallest absolute Gasteiger partial charge is 0.180 e. The summed E-state index contributed by atoms with van der Waals surface area (Å²) in [5.74, 6) is 0.669. The number of morpholine rings is 1. The van der Waals surface area contributed by atoms with Crippen molar-refractivity contribution in [1.82, 2.24) is 20.0 Å². The summed E-state index contributed by atoms with van der Waals surface area (Å²) in [4.78, 5) is 14.1. The van der Waals surface area contributed by atoms with Gasteiger partial charge in [-0.1, -0.05) is 0 Å². The molecule has 3 heterocycles. The molecule has 0 aromatic carbocycles. The number of Topliss-reactive ketones (excluding diaryl/α,β-unsaturated/α-hetero) is 1. The van der Waals surface area contributed by atoms with E-state index in [0.717, 1.165) is 30.2 Å². The van der Waals surface area contributed by atoms with Gasteiger partial charge in [0.1, 0.15) is 5.69 Å². The number of nitrogens with zero attached hydrogens (tertiary/aromatic N) is 5. The van der Waals surface area contributed by atoms with E-state index in [0.29, 0.717) is 18.9 Å². The number of aromatic nitrogens is 4. The number of hydrogen-bond donors (Lipinski definition) is 0. The van der Waals surface area contributed by atoms with Crippen LogP contribution in [0.3, 0.4) is 0 Å². The molecule has 1 unspecified atom stereocenters. The highest BCUT2D eigenvalue weighted by molar-refractivity contribution is 5.98. The Kier molecular flexibility index (Phi) is 4.38. The first-order valence-corrected chi connectivity index (χ1v) is 7.87. The monoisotopic (exact) mass is 315 g/mol. The molecule has 7 heteroatoms. The molecular formula is C16H21N5O2. The van der Waals surface area contributed by atoms with Gasteiger partial charge in [0.2, 0.25) is 0 Å². The normalized spacial score (nSPS) is 18.2. The molecule has 0 N–H and O–H groups in total. The predicted molar refractivity (Wildman–Crippen MR) is 86.6 cm³/mol. The van der Waals surface area contributed by atoms with Crippen LogP contribution in [0, 0.1) is 0 Å². The van der Waals surface area contributed by atoms with Crippen LogP contribution in [0.15, 0.2) is 18.3 Å². The number of carbonyl (C=O) groups excluding carboxylic acids is 1. The van der Waals surface area contributed by atoms with E-state index in [1.165, 1.54) is 6.92 Å². The van der Waals surface area contributed by atoms with Gasteiger partial charge < -0.3 is 9.64 Å². The lowest BCUT2D eigenvalue weighted by Crippen LogP contribution is -2.44. The first kappa shape index (κ1) is 15.6. The Bertz CT molecular complexity index is 712. The Labute approximate surface area is 135 Å². The van der Waals surface area contributed by atoms with E-state index < -0.39 is 0 Å². The zero-order chi connectivity index (χ0) is 16.4. The van der Waals surface area contributed by atoms with Crippen LogP contribution < -0.4 is 4.90 Å². The van der Waals surface area contributed by atoms with Crippen LogP contribution in [0.5, 0.6) is 0 Å². The summed E-state index contributed by atoms with van der Waals surface area (Å²) in [5.41, 5.74) is 2.04. The molecule has 1 aliphatic heterocycles. The van der Waals surface area contributed by atoms with E-state index >= 15 is 0 Å². The van der Waals surface area contributed by atoms with Crippen LogP contribution in [-0.2, 0) is 11.3 Å². The van der Waals surface area contributed by atoms with Gasteiger partial charge in [0, 0.05) is 31.8 Å². The molecule has 1 aliphatic rings. The molecule has 2 aromatic heterocycles. The molecule has 23 heavy (non-hydrogen) atoms. The zero-order valence-corrected chi connectivity index (χ0v) is 13.7. The van der Waals surface area contributed by atoms with E-state index in [4.69, 9.17) is 4.74 Å². The van der Waals surface area contributed by atoms with Crippen molar-refractivity contribution in [3.05, 3.63) is 24.0 Å². The number of hydrogen-bond acceptors (Lipinski definition) is 6. The molecule has 0 spiro atoms. The third kappa shape index (κ3) is 2.96. The number of anilines is 1. The Morgan fingerprint density at radius 3 is 2.96 bits per heavy atom. The topological polar surface area (TPSA) is 73.1 Å². The summed E-state index contributed by atoms with van der Waals surface area (Å²) >= 11 is 0. The van der Waals surface area contributed by atoms with E-state index in [2.05, 4.69) is 27.1 Å². The van der Waals surface area contributed by atoms with E-state index in [9.17, 15) is 4.79 Å². The average Bonchev–Trinajstić information content (AvgIpc) is 3.03. The number of ether oxygens (including phenoxy) is 1. The SMILES string of the molecule is CCn1nccc1-c1cc(N2CCOCC2C)nnc1C(C)=O. The zero-order valence-electron chi connectivity index (χ0n) is 13.7. The van der Waals surface area contributed by atoms with Gasteiger partial charge in [0.05, 0.1) is 24.9 Å². The summed E-state index contributed by atoms with van der Waals surface area (Å²) < 4.78 is 7.33. The first-order chi connectivity index (χ1) is 11.1. The number of ketones is 1. The minimum absolute atomic E-state index is 0.0991. The Morgan fingerprint density at radius 1 is 1.43 bits per heavy atom. The van der Waals surface area contributed by atoms with Crippen LogP contribution in [-0.4, -0.2) is 51.6 Å². The highest BCUT2D eigenvalue weighted by Crippen LogP contribution is 2.27. The second kappa shape index (κ2) is 6.45. The number of carbonyl (C=O) groups is 1. The molecule has 0 amide bonds. The van der Waals surface area contributed by atoms with Crippen LogP contribution in [0.25, 0.3) is 11.3 Å². The lowest BCUT2D eigenvalue weighted by molar-refractivity contribution is 0.0982. The van der Waals surface area contributed by atoms with Crippen LogP contribution in [0.2, 0.25) is 0 Å². The molecule has 3 rings (SSSR count). The summed E-state index contributed by atoms with van der Waals surface area (Å²) in [5, 5.41) is 12.8. The quantitative estimate of drug-likeness (QED) is 0.801. The minimum Gasteiger partial charge on any atom is -0.377 e. The number of rotatable bonds is 4. The third-order valence-electron chi connectivity index (χ3n) is 4.07. The van der Waals surface area contributed by atoms with Crippen LogP contribution in [0.1, 0.15) is 31.3 Å². The molecule has 0 bridgehead atoms. The van der Waals surface area contributed by atoms with Crippen molar-refractivity contribution in [2.75, 3.05) is 24.7 Å².